The Labute approximate surface area is 132 Å². The van der Waals surface area contributed by atoms with E-state index >= 15 is 0 Å². The number of hydrogen-bond acceptors (Lipinski definition) is 6. The van der Waals surface area contributed by atoms with Crippen molar-refractivity contribution >= 4 is 28.2 Å². The molecule has 0 aliphatic carbocycles. The van der Waals surface area contributed by atoms with Crippen molar-refractivity contribution in [3.8, 4) is 11.5 Å². The van der Waals surface area contributed by atoms with Crippen LogP contribution in [0, 0.1) is 0 Å². The zero-order chi connectivity index (χ0) is 14.5. The van der Waals surface area contributed by atoms with Gasteiger partial charge >= 0.3 is 0 Å². The van der Waals surface area contributed by atoms with Gasteiger partial charge in [0.2, 0.25) is 0 Å². The number of fused-ring (bicyclic) bond motifs is 1. The highest BCUT2D eigenvalue weighted by atomic mass is 32.2. The third-order valence-electron chi connectivity index (χ3n) is 2.97. The lowest BCUT2D eigenvalue weighted by Gasteiger charge is -2.18. The summed E-state index contributed by atoms with van der Waals surface area (Å²) >= 11 is 3.51. The van der Waals surface area contributed by atoms with Gasteiger partial charge in [-0.15, -0.1) is 23.1 Å². The van der Waals surface area contributed by atoms with Crippen molar-refractivity contribution in [2.75, 3.05) is 25.1 Å². The second kappa shape index (κ2) is 7.04. The van der Waals surface area contributed by atoms with E-state index < -0.39 is 0 Å². The Kier molecular flexibility index (Phi) is 4.87. The first kappa shape index (κ1) is 14.5. The summed E-state index contributed by atoms with van der Waals surface area (Å²) in [6, 6.07) is 6.11. The highest BCUT2D eigenvalue weighted by Gasteiger charge is 2.12. The summed E-state index contributed by atoms with van der Waals surface area (Å²) in [6.45, 7) is 4.39. The summed E-state index contributed by atoms with van der Waals surface area (Å²) in [5.41, 5.74) is 0. The number of nitrogens with one attached hydrogen (secondary N) is 1. The molecule has 0 radical (unpaired) electrons. The molecule has 1 aromatic heterocycles. The first-order valence-electron chi connectivity index (χ1n) is 7.06. The van der Waals surface area contributed by atoms with Gasteiger partial charge in [-0.1, -0.05) is 6.92 Å². The van der Waals surface area contributed by atoms with E-state index in [0.717, 1.165) is 35.3 Å². The molecule has 3 rings (SSSR count). The van der Waals surface area contributed by atoms with Crippen LogP contribution >= 0.6 is 23.1 Å². The van der Waals surface area contributed by atoms with Gasteiger partial charge in [-0.05, 0) is 24.6 Å². The first-order chi connectivity index (χ1) is 10.3. The maximum atomic E-state index is 5.61. The van der Waals surface area contributed by atoms with Crippen LogP contribution in [0.5, 0.6) is 11.5 Å². The Morgan fingerprint density at radius 2 is 2.14 bits per heavy atom. The number of thioether (sulfide) groups is 1. The molecule has 112 valence electrons. The minimum atomic E-state index is 0.627. The van der Waals surface area contributed by atoms with Crippen LogP contribution < -0.4 is 14.8 Å². The summed E-state index contributed by atoms with van der Waals surface area (Å²) < 4.78 is 11.1. The van der Waals surface area contributed by atoms with Crippen LogP contribution in [0.25, 0.3) is 0 Å². The van der Waals surface area contributed by atoms with E-state index in [1.54, 1.807) is 23.1 Å². The fourth-order valence-corrected chi connectivity index (χ4v) is 3.74. The standard InChI is InChI=1S/C15H18N2O2S2/c1-2-5-16-15-17-9-12(21-15)10-20-11-3-4-13-14(8-11)19-7-6-18-13/h3-4,8-9H,2,5-7,10H2,1H3,(H,16,17). The number of ether oxygens (including phenoxy) is 2. The van der Waals surface area contributed by atoms with Gasteiger partial charge in [0, 0.05) is 28.3 Å². The van der Waals surface area contributed by atoms with Crippen LogP contribution in [0.4, 0.5) is 5.13 Å². The van der Waals surface area contributed by atoms with Crippen LogP contribution in [-0.2, 0) is 5.75 Å². The molecule has 1 aliphatic rings. The number of nitrogens with zero attached hydrogens (tertiary/aromatic N) is 1. The van der Waals surface area contributed by atoms with Gasteiger partial charge in [-0.2, -0.15) is 0 Å². The number of thiazole rings is 1. The molecule has 0 saturated heterocycles. The number of aromatic nitrogens is 1. The van der Waals surface area contributed by atoms with Crippen LogP contribution in [-0.4, -0.2) is 24.7 Å². The Morgan fingerprint density at radius 1 is 1.29 bits per heavy atom. The highest BCUT2D eigenvalue weighted by molar-refractivity contribution is 7.98. The summed E-state index contributed by atoms with van der Waals surface area (Å²) in [4.78, 5) is 6.85. The van der Waals surface area contributed by atoms with E-state index in [1.807, 2.05) is 12.3 Å². The lowest BCUT2D eigenvalue weighted by Crippen LogP contribution is -2.15. The molecule has 4 nitrogen and oxygen atoms in total. The predicted octanol–water partition coefficient (Wildman–Crippen LogP) is 4.03. The van der Waals surface area contributed by atoms with Crippen molar-refractivity contribution in [2.45, 2.75) is 24.0 Å². The number of benzene rings is 1. The van der Waals surface area contributed by atoms with Gasteiger partial charge in [0.05, 0.1) is 0 Å². The molecule has 1 N–H and O–H groups in total. The molecule has 1 aromatic carbocycles. The average molecular weight is 322 g/mol. The maximum absolute atomic E-state index is 5.61. The van der Waals surface area contributed by atoms with Crippen molar-refractivity contribution in [3.63, 3.8) is 0 Å². The molecule has 0 atom stereocenters. The zero-order valence-electron chi connectivity index (χ0n) is 11.9. The quantitative estimate of drug-likeness (QED) is 0.814. The maximum Gasteiger partial charge on any atom is 0.182 e. The summed E-state index contributed by atoms with van der Waals surface area (Å²) in [6.07, 6.45) is 3.06. The first-order valence-corrected chi connectivity index (χ1v) is 8.86. The van der Waals surface area contributed by atoms with E-state index in [-0.39, 0.29) is 0 Å². The minimum Gasteiger partial charge on any atom is -0.486 e. The van der Waals surface area contributed by atoms with Crippen LogP contribution in [0.3, 0.4) is 0 Å². The van der Waals surface area contributed by atoms with Gasteiger partial charge in [0.25, 0.3) is 0 Å². The van der Waals surface area contributed by atoms with Gasteiger partial charge in [-0.25, -0.2) is 4.98 Å². The van der Waals surface area contributed by atoms with Crippen molar-refractivity contribution in [3.05, 3.63) is 29.3 Å². The molecule has 0 fully saturated rings. The van der Waals surface area contributed by atoms with Crippen LogP contribution in [0.15, 0.2) is 29.3 Å². The molecule has 2 aromatic rings. The van der Waals surface area contributed by atoms with E-state index in [4.69, 9.17) is 9.47 Å². The topological polar surface area (TPSA) is 43.4 Å². The lowest BCUT2D eigenvalue weighted by atomic mass is 10.3. The van der Waals surface area contributed by atoms with E-state index in [2.05, 4.69) is 29.4 Å². The average Bonchev–Trinajstić information content (AvgIpc) is 2.98. The number of anilines is 1. The SMILES string of the molecule is CCCNc1ncc(CSc2ccc3c(c2)OCCO3)s1. The zero-order valence-corrected chi connectivity index (χ0v) is 13.6. The highest BCUT2D eigenvalue weighted by Crippen LogP contribution is 2.35. The molecule has 0 saturated carbocycles. The Bertz CT molecular complexity index is 601. The normalized spacial score (nSPS) is 13.2. The molecule has 1 aliphatic heterocycles. The molecule has 0 bridgehead atoms. The molecule has 0 amide bonds. The Hall–Kier alpha value is -1.40. The molecule has 0 spiro atoms. The number of rotatable bonds is 6. The minimum absolute atomic E-state index is 0.627. The smallest absolute Gasteiger partial charge is 0.182 e. The second-order valence-electron chi connectivity index (χ2n) is 4.65. The largest absolute Gasteiger partial charge is 0.486 e. The van der Waals surface area contributed by atoms with Crippen LogP contribution in [0.2, 0.25) is 0 Å². The van der Waals surface area contributed by atoms with Gasteiger partial charge in [0.1, 0.15) is 13.2 Å². The molecule has 6 heteroatoms. The number of hydrogen-bond donors (Lipinski definition) is 1. The van der Waals surface area contributed by atoms with Gasteiger partial charge < -0.3 is 14.8 Å². The molecular weight excluding hydrogens is 304 g/mol. The van der Waals surface area contributed by atoms with Crippen molar-refractivity contribution in [1.82, 2.24) is 4.98 Å². The molecule has 2 heterocycles. The summed E-state index contributed by atoms with van der Waals surface area (Å²) in [7, 11) is 0. The van der Waals surface area contributed by atoms with E-state index in [0.29, 0.717) is 13.2 Å². The van der Waals surface area contributed by atoms with E-state index in [1.165, 1.54) is 9.77 Å². The van der Waals surface area contributed by atoms with Crippen LogP contribution in [0.1, 0.15) is 18.2 Å². The molecular formula is C15H18N2O2S2. The summed E-state index contributed by atoms with van der Waals surface area (Å²) in [5.74, 6) is 2.61. The van der Waals surface area contributed by atoms with Gasteiger partial charge in [-0.3, -0.25) is 0 Å². The predicted molar refractivity (Wildman–Crippen MR) is 87.9 cm³/mol. The van der Waals surface area contributed by atoms with Crippen molar-refractivity contribution in [1.29, 1.82) is 0 Å². The van der Waals surface area contributed by atoms with Gasteiger partial charge in [0.15, 0.2) is 16.6 Å². The fraction of sp³-hybridized carbons (Fsp3) is 0.400. The second-order valence-corrected chi connectivity index (χ2v) is 6.82. The third kappa shape index (κ3) is 3.83. The summed E-state index contributed by atoms with van der Waals surface area (Å²) in [5, 5.41) is 4.32. The Morgan fingerprint density at radius 3 is 3.00 bits per heavy atom. The Balaban J connectivity index is 1.58. The molecule has 21 heavy (non-hydrogen) atoms. The molecule has 0 unspecified atom stereocenters. The van der Waals surface area contributed by atoms with Crippen molar-refractivity contribution < 1.29 is 9.47 Å². The van der Waals surface area contributed by atoms with E-state index in [9.17, 15) is 0 Å². The lowest BCUT2D eigenvalue weighted by molar-refractivity contribution is 0.171. The van der Waals surface area contributed by atoms with Crippen molar-refractivity contribution in [2.24, 2.45) is 0 Å². The monoisotopic (exact) mass is 322 g/mol. The fourth-order valence-electron chi connectivity index (χ4n) is 1.96. The third-order valence-corrected chi connectivity index (χ3v) is 5.15.